The average Bonchev–Trinajstić information content (AvgIpc) is 3.16. The summed E-state index contributed by atoms with van der Waals surface area (Å²) in [4.78, 5) is 29.8. The normalized spacial score (nSPS) is 28.2. The molecule has 1 aromatic carbocycles. The molecule has 158 valence electrons. The van der Waals surface area contributed by atoms with E-state index in [2.05, 4.69) is 62.2 Å². The Labute approximate surface area is 178 Å². The predicted octanol–water partition coefficient (Wildman–Crippen LogP) is 3.03. The van der Waals surface area contributed by atoms with E-state index in [1.807, 2.05) is 4.90 Å². The van der Waals surface area contributed by atoms with Crippen molar-refractivity contribution in [3.63, 3.8) is 0 Å². The maximum atomic E-state index is 13.2. The van der Waals surface area contributed by atoms with Crippen molar-refractivity contribution in [3.8, 4) is 0 Å². The molecule has 0 aliphatic carbocycles. The van der Waals surface area contributed by atoms with Gasteiger partial charge in [0.1, 0.15) is 6.04 Å². The molecule has 4 rings (SSSR count). The minimum Gasteiger partial charge on any atom is -0.350 e. The van der Waals surface area contributed by atoms with E-state index in [9.17, 15) is 9.59 Å². The molecule has 2 fully saturated rings. The Hall–Kier alpha value is -1.53. The molecule has 0 bridgehead atoms. The zero-order valence-corrected chi connectivity index (χ0v) is 18.8. The van der Waals surface area contributed by atoms with E-state index in [-0.39, 0.29) is 34.2 Å². The van der Waals surface area contributed by atoms with Crippen molar-refractivity contribution in [2.75, 3.05) is 18.8 Å². The van der Waals surface area contributed by atoms with Gasteiger partial charge in [0.05, 0.1) is 4.87 Å². The summed E-state index contributed by atoms with van der Waals surface area (Å²) in [5.74, 6) is 0.827. The first-order chi connectivity index (χ1) is 13.7. The van der Waals surface area contributed by atoms with E-state index in [0.717, 1.165) is 32.5 Å². The van der Waals surface area contributed by atoms with Crippen molar-refractivity contribution in [2.45, 2.75) is 70.5 Å². The number of nitrogens with one attached hydrogen (secondary N) is 1. The number of benzene rings is 1. The van der Waals surface area contributed by atoms with E-state index in [1.165, 1.54) is 11.1 Å². The van der Waals surface area contributed by atoms with Gasteiger partial charge in [0.15, 0.2) is 0 Å². The molecule has 3 atom stereocenters. The van der Waals surface area contributed by atoms with Crippen molar-refractivity contribution in [3.05, 3.63) is 35.4 Å². The SMILES string of the molecule is CC(C)(C)C(CN1CCc2ccccc2C1)NC(=O)C1CSC2(C)CCC(=O)N12. The molecule has 1 aromatic rings. The van der Waals surface area contributed by atoms with Gasteiger partial charge in [0, 0.05) is 37.8 Å². The summed E-state index contributed by atoms with van der Waals surface area (Å²) < 4.78 is 0. The van der Waals surface area contributed by atoms with Gasteiger partial charge in [0.25, 0.3) is 0 Å². The predicted molar refractivity (Wildman–Crippen MR) is 118 cm³/mol. The Morgan fingerprint density at radius 1 is 1.28 bits per heavy atom. The lowest BCUT2D eigenvalue weighted by Crippen LogP contribution is -2.57. The van der Waals surface area contributed by atoms with Gasteiger partial charge in [0.2, 0.25) is 11.8 Å². The van der Waals surface area contributed by atoms with Crippen molar-refractivity contribution < 1.29 is 9.59 Å². The first kappa shape index (κ1) is 20.7. The molecule has 1 N–H and O–H groups in total. The summed E-state index contributed by atoms with van der Waals surface area (Å²) in [6.45, 7) is 11.4. The van der Waals surface area contributed by atoms with Crippen molar-refractivity contribution in [1.82, 2.24) is 15.1 Å². The molecule has 0 saturated carbocycles. The van der Waals surface area contributed by atoms with Crippen LogP contribution in [-0.2, 0) is 22.6 Å². The summed E-state index contributed by atoms with van der Waals surface area (Å²) >= 11 is 1.75. The Kier molecular flexibility index (Phi) is 5.45. The van der Waals surface area contributed by atoms with Crippen molar-refractivity contribution in [1.29, 1.82) is 0 Å². The molecule has 6 heteroatoms. The molecular weight excluding hydrogens is 382 g/mol. The standard InChI is InChI=1S/C23H33N3O2S/c1-22(2,3)19(14-25-12-10-16-7-5-6-8-17(16)13-25)24-21(28)18-15-29-23(4)11-9-20(27)26(18)23/h5-8,18-19H,9-15H2,1-4H3,(H,24,28). The lowest BCUT2D eigenvalue weighted by molar-refractivity contribution is -0.138. The molecule has 3 heterocycles. The van der Waals surface area contributed by atoms with E-state index in [4.69, 9.17) is 0 Å². The van der Waals surface area contributed by atoms with Gasteiger partial charge in [-0.25, -0.2) is 0 Å². The second-order valence-corrected chi connectivity index (χ2v) is 11.4. The Morgan fingerprint density at radius 3 is 2.72 bits per heavy atom. The zero-order valence-electron chi connectivity index (χ0n) is 18.0. The smallest absolute Gasteiger partial charge is 0.244 e. The van der Waals surface area contributed by atoms with E-state index in [1.54, 1.807) is 11.8 Å². The summed E-state index contributed by atoms with van der Waals surface area (Å²) in [6, 6.07) is 8.34. The highest BCUT2D eigenvalue weighted by Crippen LogP contribution is 2.47. The maximum absolute atomic E-state index is 13.2. The van der Waals surface area contributed by atoms with Crippen LogP contribution in [-0.4, -0.2) is 57.4 Å². The molecule has 5 nitrogen and oxygen atoms in total. The van der Waals surface area contributed by atoms with Crippen molar-refractivity contribution in [2.24, 2.45) is 5.41 Å². The van der Waals surface area contributed by atoms with Crippen LogP contribution < -0.4 is 5.32 Å². The highest BCUT2D eigenvalue weighted by Gasteiger charge is 2.53. The van der Waals surface area contributed by atoms with Crippen molar-refractivity contribution >= 4 is 23.6 Å². The average molecular weight is 416 g/mol. The minimum absolute atomic E-state index is 0.00816. The summed E-state index contributed by atoms with van der Waals surface area (Å²) in [5.41, 5.74) is 2.77. The molecular formula is C23H33N3O2S. The monoisotopic (exact) mass is 415 g/mol. The van der Waals surface area contributed by atoms with Gasteiger partial charge in [-0.05, 0) is 36.3 Å². The fraction of sp³-hybridized carbons (Fsp3) is 0.652. The van der Waals surface area contributed by atoms with Gasteiger partial charge in [-0.1, -0.05) is 45.0 Å². The Bertz CT molecular complexity index is 806. The quantitative estimate of drug-likeness (QED) is 0.821. The second-order valence-electron chi connectivity index (χ2n) is 9.95. The number of hydrogen-bond donors (Lipinski definition) is 1. The molecule has 3 aliphatic heterocycles. The molecule has 0 spiro atoms. The molecule has 3 unspecified atom stereocenters. The third kappa shape index (κ3) is 4.06. The Morgan fingerprint density at radius 2 is 2.00 bits per heavy atom. The summed E-state index contributed by atoms with van der Waals surface area (Å²) in [5, 5.41) is 3.33. The number of hydrogen-bond acceptors (Lipinski definition) is 4. The first-order valence-corrected chi connectivity index (χ1v) is 11.7. The number of fused-ring (bicyclic) bond motifs is 2. The van der Waals surface area contributed by atoms with Gasteiger partial charge in [-0.3, -0.25) is 14.5 Å². The van der Waals surface area contributed by atoms with E-state index < -0.39 is 0 Å². The van der Waals surface area contributed by atoms with Crippen LogP contribution in [0.1, 0.15) is 51.7 Å². The Balaban J connectivity index is 1.44. The topological polar surface area (TPSA) is 52.7 Å². The van der Waals surface area contributed by atoms with Crippen LogP contribution in [0.4, 0.5) is 0 Å². The molecule has 0 radical (unpaired) electrons. The number of carbonyl (C=O) groups excluding carboxylic acids is 2. The highest BCUT2D eigenvalue weighted by molar-refractivity contribution is 8.01. The van der Waals surface area contributed by atoms with Gasteiger partial charge in [-0.2, -0.15) is 0 Å². The number of nitrogens with zero attached hydrogens (tertiary/aromatic N) is 2. The molecule has 3 aliphatic rings. The molecule has 2 saturated heterocycles. The van der Waals surface area contributed by atoms with Gasteiger partial charge < -0.3 is 10.2 Å². The zero-order chi connectivity index (χ0) is 20.8. The number of carbonyl (C=O) groups is 2. The molecule has 0 aromatic heterocycles. The van der Waals surface area contributed by atoms with Crippen LogP contribution in [0.25, 0.3) is 0 Å². The third-order valence-corrected chi connectivity index (χ3v) is 8.26. The van der Waals surface area contributed by atoms with E-state index >= 15 is 0 Å². The van der Waals surface area contributed by atoms with Crippen LogP contribution in [0.15, 0.2) is 24.3 Å². The second kappa shape index (κ2) is 7.62. The lowest BCUT2D eigenvalue weighted by atomic mass is 9.85. The first-order valence-electron chi connectivity index (χ1n) is 10.7. The largest absolute Gasteiger partial charge is 0.350 e. The van der Waals surface area contributed by atoms with Crippen LogP contribution in [0, 0.1) is 5.41 Å². The summed E-state index contributed by atoms with van der Waals surface area (Å²) in [7, 11) is 0. The highest BCUT2D eigenvalue weighted by atomic mass is 32.2. The molecule has 2 amide bonds. The fourth-order valence-corrected chi connectivity index (χ4v) is 6.22. The lowest BCUT2D eigenvalue weighted by Gasteiger charge is -2.39. The van der Waals surface area contributed by atoms with E-state index in [0.29, 0.717) is 12.2 Å². The summed E-state index contributed by atoms with van der Waals surface area (Å²) in [6.07, 6.45) is 2.46. The number of thioether (sulfide) groups is 1. The van der Waals surface area contributed by atoms with Crippen LogP contribution in [0.5, 0.6) is 0 Å². The molecule has 29 heavy (non-hydrogen) atoms. The van der Waals surface area contributed by atoms with Crippen LogP contribution in [0.2, 0.25) is 0 Å². The third-order valence-electron chi connectivity index (χ3n) is 6.76. The van der Waals surface area contributed by atoms with Crippen LogP contribution in [0.3, 0.4) is 0 Å². The maximum Gasteiger partial charge on any atom is 0.244 e. The number of amides is 2. The van der Waals surface area contributed by atoms with Gasteiger partial charge in [-0.15, -0.1) is 11.8 Å². The fourth-order valence-electron chi connectivity index (χ4n) is 4.79. The van der Waals surface area contributed by atoms with Gasteiger partial charge >= 0.3 is 0 Å². The minimum atomic E-state index is -0.341. The van der Waals surface area contributed by atoms with Crippen LogP contribution >= 0.6 is 11.8 Å². The number of rotatable bonds is 4.